The summed E-state index contributed by atoms with van der Waals surface area (Å²) < 4.78 is 13.0. The van der Waals surface area contributed by atoms with E-state index in [9.17, 15) is 4.21 Å². The third kappa shape index (κ3) is 3.07. The average molecular weight is 279 g/mol. The van der Waals surface area contributed by atoms with Crippen LogP contribution < -0.4 is 5.73 Å². The Morgan fingerprint density at radius 1 is 1.33 bits per heavy atom. The van der Waals surface area contributed by atoms with Crippen molar-refractivity contribution in [2.24, 2.45) is 5.73 Å². The molecule has 0 saturated heterocycles. The number of rotatable bonds is 4. The number of aryl methyl sites for hydroxylation is 2. The predicted octanol–water partition coefficient (Wildman–Crippen LogP) is 3.17. The van der Waals surface area contributed by atoms with E-state index in [0.717, 1.165) is 9.77 Å². The van der Waals surface area contributed by atoms with Gasteiger partial charge >= 0.3 is 0 Å². The van der Waals surface area contributed by atoms with E-state index in [0.29, 0.717) is 5.75 Å². The van der Waals surface area contributed by atoms with Crippen molar-refractivity contribution in [1.29, 1.82) is 0 Å². The predicted molar refractivity (Wildman–Crippen MR) is 78.4 cm³/mol. The third-order valence-electron chi connectivity index (χ3n) is 2.88. The molecule has 0 aliphatic carbocycles. The average Bonchev–Trinajstić information content (AvgIpc) is 2.81. The zero-order valence-corrected chi connectivity index (χ0v) is 12.2. The highest BCUT2D eigenvalue weighted by atomic mass is 32.2. The molecule has 0 fully saturated rings. The van der Waals surface area contributed by atoms with Gasteiger partial charge in [-0.1, -0.05) is 29.8 Å². The van der Waals surface area contributed by atoms with Crippen LogP contribution >= 0.6 is 11.3 Å². The fraction of sp³-hybridized carbons (Fsp3) is 0.286. The molecule has 0 amide bonds. The molecule has 2 unspecified atom stereocenters. The summed E-state index contributed by atoms with van der Waals surface area (Å²) in [7, 11) is -1.00. The van der Waals surface area contributed by atoms with E-state index < -0.39 is 10.8 Å². The molecule has 1 aromatic carbocycles. The molecule has 2 atom stereocenters. The van der Waals surface area contributed by atoms with Gasteiger partial charge in [-0.2, -0.15) is 0 Å². The summed E-state index contributed by atoms with van der Waals surface area (Å²) in [5, 5.41) is 1.94. The van der Waals surface area contributed by atoms with E-state index in [1.165, 1.54) is 22.5 Å². The zero-order chi connectivity index (χ0) is 13.1. The smallest absolute Gasteiger partial charge is 0.0911 e. The molecule has 18 heavy (non-hydrogen) atoms. The summed E-state index contributed by atoms with van der Waals surface area (Å²) in [5.41, 5.74) is 9.65. The van der Waals surface area contributed by atoms with Gasteiger partial charge < -0.3 is 5.73 Å². The Balaban J connectivity index is 2.12. The summed E-state index contributed by atoms with van der Waals surface area (Å²) in [6.45, 7) is 4.11. The Morgan fingerprint density at radius 2 is 2.11 bits per heavy atom. The molecule has 1 aromatic heterocycles. The molecule has 96 valence electrons. The molecule has 0 spiro atoms. The second-order valence-electron chi connectivity index (χ2n) is 4.41. The third-order valence-corrected chi connectivity index (χ3v) is 5.63. The van der Waals surface area contributed by atoms with Crippen LogP contribution in [0.2, 0.25) is 0 Å². The van der Waals surface area contributed by atoms with Crippen LogP contribution in [0.3, 0.4) is 0 Å². The van der Waals surface area contributed by atoms with Crippen molar-refractivity contribution in [3.8, 4) is 0 Å². The Labute approximate surface area is 114 Å². The minimum absolute atomic E-state index is 0.173. The summed E-state index contributed by atoms with van der Waals surface area (Å²) in [6.07, 6.45) is 0. The van der Waals surface area contributed by atoms with Gasteiger partial charge in [-0.25, -0.2) is 0 Å². The van der Waals surface area contributed by atoms with Crippen molar-refractivity contribution in [1.82, 2.24) is 0 Å². The van der Waals surface area contributed by atoms with Gasteiger partial charge in [0.1, 0.15) is 0 Å². The highest BCUT2D eigenvalue weighted by molar-refractivity contribution is 7.87. The van der Waals surface area contributed by atoms with Crippen LogP contribution in [-0.2, 0) is 10.8 Å². The van der Waals surface area contributed by atoms with Crippen molar-refractivity contribution in [2.75, 3.05) is 5.75 Å². The van der Waals surface area contributed by atoms with Gasteiger partial charge in [0.25, 0.3) is 0 Å². The first kappa shape index (κ1) is 13.5. The SMILES string of the molecule is Cc1ccc(C(N)CS(=O)c2cccs2)c(C)c1. The molecule has 0 aliphatic heterocycles. The molecule has 2 rings (SSSR count). The minimum Gasteiger partial charge on any atom is -0.323 e. The fourth-order valence-corrected chi connectivity index (χ4v) is 4.12. The normalized spacial score (nSPS) is 14.4. The Hall–Kier alpha value is -0.970. The van der Waals surface area contributed by atoms with Crippen LogP contribution in [0.25, 0.3) is 0 Å². The topological polar surface area (TPSA) is 43.1 Å². The molecule has 0 aliphatic rings. The maximum Gasteiger partial charge on any atom is 0.0911 e. The van der Waals surface area contributed by atoms with Gasteiger partial charge in [-0.15, -0.1) is 11.3 Å². The van der Waals surface area contributed by atoms with E-state index in [2.05, 4.69) is 26.0 Å². The lowest BCUT2D eigenvalue weighted by Gasteiger charge is -2.14. The molecule has 1 heterocycles. The quantitative estimate of drug-likeness (QED) is 0.934. The fourth-order valence-electron chi connectivity index (χ4n) is 1.97. The number of hydrogen-bond acceptors (Lipinski definition) is 3. The maximum absolute atomic E-state index is 12.1. The van der Waals surface area contributed by atoms with Crippen molar-refractivity contribution in [3.63, 3.8) is 0 Å². The van der Waals surface area contributed by atoms with Crippen LogP contribution in [0.4, 0.5) is 0 Å². The Morgan fingerprint density at radius 3 is 2.72 bits per heavy atom. The van der Waals surface area contributed by atoms with E-state index >= 15 is 0 Å². The molecule has 0 saturated carbocycles. The minimum atomic E-state index is -1.00. The van der Waals surface area contributed by atoms with Crippen molar-refractivity contribution in [3.05, 3.63) is 52.4 Å². The molecule has 2 aromatic rings. The van der Waals surface area contributed by atoms with Gasteiger partial charge in [-0.05, 0) is 36.4 Å². The van der Waals surface area contributed by atoms with Crippen LogP contribution in [0, 0.1) is 13.8 Å². The highest BCUT2D eigenvalue weighted by Crippen LogP contribution is 2.21. The lowest BCUT2D eigenvalue weighted by atomic mass is 10.0. The first-order valence-corrected chi connectivity index (χ1v) is 8.02. The Bertz CT molecular complexity index is 549. The molecule has 0 radical (unpaired) electrons. The second kappa shape index (κ2) is 5.78. The van der Waals surface area contributed by atoms with Crippen molar-refractivity contribution in [2.45, 2.75) is 24.1 Å². The zero-order valence-electron chi connectivity index (χ0n) is 10.6. The molecular weight excluding hydrogens is 262 g/mol. The summed E-state index contributed by atoms with van der Waals surface area (Å²) in [5.74, 6) is 0.477. The van der Waals surface area contributed by atoms with E-state index in [4.69, 9.17) is 5.73 Å². The van der Waals surface area contributed by atoms with E-state index in [-0.39, 0.29) is 6.04 Å². The number of hydrogen-bond donors (Lipinski definition) is 1. The summed E-state index contributed by atoms with van der Waals surface area (Å²) in [4.78, 5) is 0. The molecule has 2 nitrogen and oxygen atoms in total. The second-order valence-corrected chi connectivity index (χ2v) is 7.08. The van der Waals surface area contributed by atoms with Gasteiger partial charge in [0.15, 0.2) is 0 Å². The molecular formula is C14H17NOS2. The number of nitrogens with two attached hydrogens (primary N) is 1. The largest absolute Gasteiger partial charge is 0.323 e. The Kier molecular flexibility index (Phi) is 4.32. The maximum atomic E-state index is 12.1. The van der Waals surface area contributed by atoms with Crippen molar-refractivity contribution >= 4 is 22.1 Å². The van der Waals surface area contributed by atoms with Crippen LogP contribution in [0.5, 0.6) is 0 Å². The monoisotopic (exact) mass is 279 g/mol. The lowest BCUT2D eigenvalue weighted by Crippen LogP contribution is -2.19. The standard InChI is InChI=1S/C14H17NOS2/c1-10-5-6-12(11(2)8-10)13(15)9-18(16)14-4-3-7-17-14/h3-8,13H,9,15H2,1-2H3. The van der Waals surface area contributed by atoms with Crippen LogP contribution in [-0.4, -0.2) is 9.96 Å². The lowest BCUT2D eigenvalue weighted by molar-refractivity contribution is 0.676. The van der Waals surface area contributed by atoms with Crippen LogP contribution in [0.15, 0.2) is 39.9 Å². The van der Waals surface area contributed by atoms with Gasteiger partial charge in [0.05, 0.1) is 15.0 Å². The van der Waals surface area contributed by atoms with Gasteiger partial charge in [-0.3, -0.25) is 4.21 Å². The highest BCUT2D eigenvalue weighted by Gasteiger charge is 2.14. The first-order chi connectivity index (χ1) is 8.58. The van der Waals surface area contributed by atoms with Crippen LogP contribution in [0.1, 0.15) is 22.7 Å². The van der Waals surface area contributed by atoms with E-state index in [1.54, 1.807) is 0 Å². The number of benzene rings is 1. The van der Waals surface area contributed by atoms with E-state index in [1.807, 2.05) is 23.6 Å². The van der Waals surface area contributed by atoms with Crippen molar-refractivity contribution < 1.29 is 4.21 Å². The molecule has 2 N–H and O–H groups in total. The first-order valence-electron chi connectivity index (χ1n) is 5.82. The summed E-state index contributed by atoms with van der Waals surface area (Å²) in [6, 6.07) is 9.85. The number of thiophene rings is 1. The summed E-state index contributed by atoms with van der Waals surface area (Å²) >= 11 is 1.52. The molecule has 4 heteroatoms. The molecule has 0 bridgehead atoms. The van der Waals surface area contributed by atoms with Gasteiger partial charge in [0.2, 0.25) is 0 Å². The van der Waals surface area contributed by atoms with Gasteiger partial charge in [0, 0.05) is 11.8 Å².